The molecule has 2 aliphatic rings. The molecule has 1 unspecified atom stereocenters. The summed E-state index contributed by atoms with van der Waals surface area (Å²) in [5.74, 6) is 0.157. The lowest BCUT2D eigenvalue weighted by Gasteiger charge is -2.30. The van der Waals surface area contributed by atoms with Crippen molar-refractivity contribution >= 4 is 11.9 Å². The van der Waals surface area contributed by atoms with Gasteiger partial charge in [0, 0.05) is 38.1 Å². The third-order valence-electron chi connectivity index (χ3n) is 4.60. The van der Waals surface area contributed by atoms with Crippen molar-refractivity contribution in [3.63, 3.8) is 0 Å². The molecule has 1 aliphatic carbocycles. The number of carbonyl (C=O) groups is 2. The molecule has 3 amide bonds. The third-order valence-corrected chi connectivity index (χ3v) is 4.60. The molecule has 1 saturated carbocycles. The van der Waals surface area contributed by atoms with Gasteiger partial charge in [0.1, 0.15) is 0 Å². The molecule has 2 fully saturated rings. The Kier molecular flexibility index (Phi) is 6.96. The van der Waals surface area contributed by atoms with Gasteiger partial charge in [-0.2, -0.15) is 0 Å². The maximum absolute atomic E-state index is 12.0. The van der Waals surface area contributed by atoms with Crippen LogP contribution in [0.25, 0.3) is 0 Å². The Morgan fingerprint density at radius 1 is 1.09 bits per heavy atom. The molecule has 1 heterocycles. The maximum Gasteiger partial charge on any atom is 0.315 e. The molecule has 4 N–H and O–H groups in total. The Balaban J connectivity index is 1.54. The summed E-state index contributed by atoms with van der Waals surface area (Å²) in [5.41, 5.74) is 5.89. The van der Waals surface area contributed by atoms with E-state index >= 15 is 0 Å². The fraction of sp³-hybridized carbons (Fsp3) is 0.875. The molecule has 1 atom stereocenters. The van der Waals surface area contributed by atoms with E-state index in [2.05, 4.69) is 10.6 Å². The fourth-order valence-corrected chi connectivity index (χ4v) is 3.32. The molecule has 0 aromatic carbocycles. The van der Waals surface area contributed by atoms with Crippen LogP contribution in [-0.4, -0.2) is 48.6 Å². The number of nitrogens with one attached hydrogen (secondary N) is 2. The highest BCUT2D eigenvalue weighted by Crippen LogP contribution is 2.17. The Morgan fingerprint density at radius 3 is 2.59 bits per heavy atom. The molecule has 6 nitrogen and oxygen atoms in total. The highest BCUT2D eigenvalue weighted by molar-refractivity contribution is 5.76. The second kappa shape index (κ2) is 8.98. The topological polar surface area (TPSA) is 87.5 Å². The second-order valence-electron chi connectivity index (χ2n) is 6.58. The van der Waals surface area contributed by atoms with Crippen molar-refractivity contribution in [2.45, 2.75) is 69.9 Å². The predicted octanol–water partition coefficient (Wildman–Crippen LogP) is 1.35. The van der Waals surface area contributed by atoms with E-state index in [0.29, 0.717) is 32.0 Å². The van der Waals surface area contributed by atoms with Crippen molar-refractivity contribution < 1.29 is 9.59 Å². The van der Waals surface area contributed by atoms with E-state index in [1.54, 1.807) is 0 Å². The molecule has 2 rings (SSSR count). The summed E-state index contributed by atoms with van der Waals surface area (Å²) in [5, 5.41) is 5.87. The first kappa shape index (κ1) is 17.1. The summed E-state index contributed by atoms with van der Waals surface area (Å²) in [6.45, 7) is 2.04. The SMILES string of the molecule is NC1CCCN(C(=O)CCCNC(=O)NC2CCCCC2)C1. The lowest BCUT2D eigenvalue weighted by molar-refractivity contribution is -0.132. The van der Waals surface area contributed by atoms with Gasteiger partial charge in [-0.15, -0.1) is 0 Å². The van der Waals surface area contributed by atoms with Crippen molar-refractivity contribution in [1.29, 1.82) is 0 Å². The first-order valence-electron chi connectivity index (χ1n) is 8.73. The van der Waals surface area contributed by atoms with Crippen LogP contribution in [0.4, 0.5) is 4.79 Å². The fourth-order valence-electron chi connectivity index (χ4n) is 3.32. The molecule has 0 aromatic heterocycles. The van der Waals surface area contributed by atoms with Crippen LogP contribution < -0.4 is 16.4 Å². The molecule has 0 radical (unpaired) electrons. The molecule has 126 valence electrons. The average molecular weight is 310 g/mol. The summed E-state index contributed by atoms with van der Waals surface area (Å²) >= 11 is 0. The van der Waals surface area contributed by atoms with Gasteiger partial charge < -0.3 is 21.3 Å². The number of hydrogen-bond donors (Lipinski definition) is 3. The monoisotopic (exact) mass is 310 g/mol. The first-order chi connectivity index (χ1) is 10.6. The molecule has 22 heavy (non-hydrogen) atoms. The van der Waals surface area contributed by atoms with Gasteiger partial charge in [-0.05, 0) is 32.1 Å². The molecule has 6 heteroatoms. The van der Waals surface area contributed by atoms with Gasteiger partial charge in [0.05, 0.1) is 0 Å². The molecule has 1 saturated heterocycles. The minimum atomic E-state index is -0.0978. The van der Waals surface area contributed by atoms with Crippen LogP contribution in [0.2, 0.25) is 0 Å². The number of urea groups is 1. The van der Waals surface area contributed by atoms with Crippen LogP contribution in [0.1, 0.15) is 57.8 Å². The number of carbonyl (C=O) groups excluding carboxylic acids is 2. The number of amides is 3. The quantitative estimate of drug-likeness (QED) is 0.670. The zero-order valence-electron chi connectivity index (χ0n) is 13.5. The van der Waals surface area contributed by atoms with Crippen LogP contribution in [0.15, 0.2) is 0 Å². The van der Waals surface area contributed by atoms with Gasteiger partial charge in [-0.3, -0.25) is 4.79 Å². The van der Waals surface area contributed by atoms with E-state index < -0.39 is 0 Å². The average Bonchev–Trinajstić information content (AvgIpc) is 2.52. The first-order valence-corrected chi connectivity index (χ1v) is 8.73. The molecular formula is C16H30N4O2. The lowest BCUT2D eigenvalue weighted by Crippen LogP contribution is -2.46. The molecule has 0 bridgehead atoms. The number of rotatable bonds is 5. The Hall–Kier alpha value is -1.30. The number of likely N-dealkylation sites (tertiary alicyclic amines) is 1. The zero-order chi connectivity index (χ0) is 15.8. The van der Waals surface area contributed by atoms with Gasteiger partial charge in [0.15, 0.2) is 0 Å². The molecular weight excluding hydrogens is 280 g/mol. The summed E-state index contributed by atoms with van der Waals surface area (Å²) in [4.78, 5) is 25.7. The minimum Gasteiger partial charge on any atom is -0.341 e. The van der Waals surface area contributed by atoms with Crippen molar-refractivity contribution in [1.82, 2.24) is 15.5 Å². The standard InChI is InChI=1S/C16H30N4O2/c17-13-6-5-11-20(12-13)15(21)9-4-10-18-16(22)19-14-7-2-1-3-8-14/h13-14H,1-12,17H2,(H2,18,19,22). The van der Waals surface area contributed by atoms with E-state index in [9.17, 15) is 9.59 Å². The van der Waals surface area contributed by atoms with Crippen LogP contribution in [-0.2, 0) is 4.79 Å². The summed E-state index contributed by atoms with van der Waals surface area (Å²) in [6.07, 6.45) is 9.03. The second-order valence-corrected chi connectivity index (χ2v) is 6.58. The Labute approximate surface area is 133 Å². The molecule has 0 aromatic rings. The zero-order valence-corrected chi connectivity index (χ0v) is 13.5. The summed E-state index contributed by atoms with van der Waals surface area (Å²) in [7, 11) is 0. The highest BCUT2D eigenvalue weighted by Gasteiger charge is 2.20. The highest BCUT2D eigenvalue weighted by atomic mass is 16.2. The largest absolute Gasteiger partial charge is 0.341 e. The van der Waals surface area contributed by atoms with Crippen LogP contribution in [0, 0.1) is 0 Å². The van der Waals surface area contributed by atoms with Crippen molar-refractivity contribution in [2.75, 3.05) is 19.6 Å². The van der Waals surface area contributed by atoms with E-state index in [1.165, 1.54) is 19.3 Å². The van der Waals surface area contributed by atoms with Crippen molar-refractivity contribution in [3.8, 4) is 0 Å². The summed E-state index contributed by atoms with van der Waals surface area (Å²) in [6, 6.07) is 0.349. The van der Waals surface area contributed by atoms with E-state index in [-0.39, 0.29) is 18.0 Å². The summed E-state index contributed by atoms with van der Waals surface area (Å²) < 4.78 is 0. The smallest absolute Gasteiger partial charge is 0.315 e. The lowest BCUT2D eigenvalue weighted by atomic mass is 9.96. The van der Waals surface area contributed by atoms with Crippen molar-refractivity contribution in [2.24, 2.45) is 5.73 Å². The minimum absolute atomic E-state index is 0.0978. The van der Waals surface area contributed by atoms with E-state index in [1.807, 2.05) is 4.90 Å². The molecule has 0 spiro atoms. The number of hydrogen-bond acceptors (Lipinski definition) is 3. The van der Waals surface area contributed by atoms with Gasteiger partial charge in [-0.25, -0.2) is 4.79 Å². The van der Waals surface area contributed by atoms with E-state index in [0.717, 1.165) is 32.2 Å². The predicted molar refractivity (Wildman–Crippen MR) is 86.4 cm³/mol. The normalized spacial score (nSPS) is 23.1. The number of nitrogens with two attached hydrogens (primary N) is 1. The van der Waals surface area contributed by atoms with Crippen LogP contribution >= 0.6 is 0 Å². The van der Waals surface area contributed by atoms with Gasteiger partial charge in [0.2, 0.25) is 5.91 Å². The number of nitrogens with zero attached hydrogens (tertiary/aromatic N) is 1. The third kappa shape index (κ3) is 5.83. The van der Waals surface area contributed by atoms with E-state index in [4.69, 9.17) is 5.73 Å². The van der Waals surface area contributed by atoms with Gasteiger partial charge >= 0.3 is 6.03 Å². The number of piperidine rings is 1. The van der Waals surface area contributed by atoms with Crippen LogP contribution in [0.5, 0.6) is 0 Å². The maximum atomic E-state index is 12.0. The Morgan fingerprint density at radius 2 is 1.86 bits per heavy atom. The van der Waals surface area contributed by atoms with Gasteiger partial charge in [-0.1, -0.05) is 19.3 Å². The molecule has 1 aliphatic heterocycles. The van der Waals surface area contributed by atoms with Gasteiger partial charge in [0.25, 0.3) is 0 Å². The van der Waals surface area contributed by atoms with Crippen LogP contribution in [0.3, 0.4) is 0 Å². The van der Waals surface area contributed by atoms with Crippen molar-refractivity contribution in [3.05, 3.63) is 0 Å². The Bertz CT molecular complexity index is 369.